The molecular weight excluding hydrogens is 238 g/mol. The SMILES string of the molecule is CCOC(=O)C(O)NC(=O)c1ccc(OC)cc1. The summed E-state index contributed by atoms with van der Waals surface area (Å²) >= 11 is 0. The van der Waals surface area contributed by atoms with Crippen LogP contribution in [0, 0.1) is 0 Å². The summed E-state index contributed by atoms with van der Waals surface area (Å²) in [6, 6.07) is 6.25. The van der Waals surface area contributed by atoms with E-state index in [0.717, 1.165) is 0 Å². The van der Waals surface area contributed by atoms with E-state index in [9.17, 15) is 14.7 Å². The van der Waals surface area contributed by atoms with Crippen LogP contribution in [0.1, 0.15) is 17.3 Å². The summed E-state index contributed by atoms with van der Waals surface area (Å²) in [6.45, 7) is 1.74. The van der Waals surface area contributed by atoms with Gasteiger partial charge in [-0.25, -0.2) is 4.79 Å². The largest absolute Gasteiger partial charge is 0.497 e. The third-order valence-electron chi connectivity index (χ3n) is 2.13. The van der Waals surface area contributed by atoms with Gasteiger partial charge in [0.25, 0.3) is 5.91 Å². The van der Waals surface area contributed by atoms with Crippen LogP contribution >= 0.6 is 0 Å². The number of amides is 1. The predicted octanol–water partition coefficient (Wildman–Crippen LogP) is 0.306. The molecule has 98 valence electrons. The lowest BCUT2D eigenvalue weighted by molar-refractivity contribution is -0.154. The first-order chi connectivity index (χ1) is 8.58. The van der Waals surface area contributed by atoms with Crippen LogP contribution < -0.4 is 10.1 Å². The number of rotatable bonds is 5. The Balaban J connectivity index is 2.61. The topological polar surface area (TPSA) is 84.9 Å². The van der Waals surface area contributed by atoms with E-state index >= 15 is 0 Å². The molecule has 0 fully saturated rings. The third-order valence-corrected chi connectivity index (χ3v) is 2.13. The molecular formula is C12H15NO5. The van der Waals surface area contributed by atoms with Gasteiger partial charge in [0.1, 0.15) is 5.75 Å². The predicted molar refractivity (Wildman–Crippen MR) is 63.1 cm³/mol. The number of hydrogen-bond acceptors (Lipinski definition) is 5. The van der Waals surface area contributed by atoms with Crippen LogP contribution in [-0.2, 0) is 9.53 Å². The lowest BCUT2D eigenvalue weighted by atomic mass is 10.2. The first kappa shape index (κ1) is 14.0. The van der Waals surface area contributed by atoms with Crippen LogP contribution in [0.5, 0.6) is 5.75 Å². The summed E-state index contributed by atoms with van der Waals surface area (Å²) in [7, 11) is 1.51. The molecule has 1 atom stereocenters. The average Bonchev–Trinajstić information content (AvgIpc) is 2.39. The molecule has 6 heteroatoms. The zero-order valence-corrected chi connectivity index (χ0v) is 10.2. The van der Waals surface area contributed by atoms with Crippen molar-refractivity contribution in [2.75, 3.05) is 13.7 Å². The minimum Gasteiger partial charge on any atom is -0.497 e. The Morgan fingerprint density at radius 2 is 1.94 bits per heavy atom. The van der Waals surface area contributed by atoms with Crippen molar-refractivity contribution in [3.05, 3.63) is 29.8 Å². The molecule has 1 unspecified atom stereocenters. The molecule has 2 N–H and O–H groups in total. The highest BCUT2D eigenvalue weighted by atomic mass is 16.5. The number of carbonyl (C=O) groups excluding carboxylic acids is 2. The number of benzene rings is 1. The molecule has 0 bridgehead atoms. The molecule has 0 heterocycles. The Morgan fingerprint density at radius 1 is 1.33 bits per heavy atom. The molecule has 1 aromatic rings. The maximum Gasteiger partial charge on any atom is 0.356 e. The number of hydrogen-bond donors (Lipinski definition) is 2. The Kier molecular flexibility index (Phi) is 5.13. The fraction of sp³-hybridized carbons (Fsp3) is 0.333. The summed E-state index contributed by atoms with van der Waals surface area (Å²) in [4.78, 5) is 22.7. The first-order valence-corrected chi connectivity index (χ1v) is 5.38. The van der Waals surface area contributed by atoms with Gasteiger partial charge in [-0.15, -0.1) is 0 Å². The van der Waals surface area contributed by atoms with Gasteiger partial charge in [0.15, 0.2) is 0 Å². The first-order valence-electron chi connectivity index (χ1n) is 5.38. The fourth-order valence-electron chi connectivity index (χ4n) is 1.23. The lowest BCUT2D eigenvalue weighted by Gasteiger charge is -2.11. The van der Waals surface area contributed by atoms with Crippen molar-refractivity contribution in [1.82, 2.24) is 5.32 Å². The minimum atomic E-state index is -1.67. The number of methoxy groups -OCH3 is 1. The van der Waals surface area contributed by atoms with E-state index in [1.165, 1.54) is 19.2 Å². The number of aliphatic hydroxyl groups excluding tert-OH is 1. The Labute approximate surface area is 105 Å². The summed E-state index contributed by atoms with van der Waals surface area (Å²) in [6.07, 6.45) is -1.67. The van der Waals surface area contributed by atoms with Gasteiger partial charge in [-0.05, 0) is 31.2 Å². The van der Waals surface area contributed by atoms with Crippen molar-refractivity contribution in [3.8, 4) is 5.75 Å². The molecule has 0 saturated carbocycles. The Bertz CT molecular complexity index is 415. The second-order valence-electron chi connectivity index (χ2n) is 3.36. The average molecular weight is 253 g/mol. The molecule has 1 aromatic carbocycles. The minimum absolute atomic E-state index is 0.133. The van der Waals surface area contributed by atoms with Crippen LogP contribution in [0.15, 0.2) is 24.3 Å². The van der Waals surface area contributed by atoms with Gasteiger partial charge >= 0.3 is 5.97 Å². The molecule has 0 aliphatic carbocycles. The van der Waals surface area contributed by atoms with Crippen LogP contribution in [0.4, 0.5) is 0 Å². The molecule has 1 rings (SSSR count). The van der Waals surface area contributed by atoms with Gasteiger partial charge in [0, 0.05) is 5.56 Å². The van der Waals surface area contributed by atoms with E-state index < -0.39 is 18.1 Å². The van der Waals surface area contributed by atoms with Crippen molar-refractivity contribution in [3.63, 3.8) is 0 Å². The van der Waals surface area contributed by atoms with Crippen molar-refractivity contribution < 1.29 is 24.2 Å². The number of esters is 1. The summed E-state index contributed by atoms with van der Waals surface area (Å²) in [5, 5.41) is 11.5. The number of nitrogens with one attached hydrogen (secondary N) is 1. The molecule has 0 spiro atoms. The van der Waals surface area contributed by atoms with Crippen LogP contribution in [0.3, 0.4) is 0 Å². The van der Waals surface area contributed by atoms with E-state index in [2.05, 4.69) is 10.1 Å². The van der Waals surface area contributed by atoms with Crippen molar-refractivity contribution in [2.24, 2.45) is 0 Å². The van der Waals surface area contributed by atoms with Gasteiger partial charge in [-0.3, -0.25) is 4.79 Å². The van der Waals surface area contributed by atoms with Gasteiger partial charge in [-0.2, -0.15) is 0 Å². The standard InChI is InChI=1S/C12H15NO5/c1-3-18-12(16)11(15)13-10(14)8-4-6-9(17-2)7-5-8/h4-7,11,15H,3H2,1-2H3,(H,13,14). The van der Waals surface area contributed by atoms with Crippen molar-refractivity contribution >= 4 is 11.9 Å². The molecule has 6 nitrogen and oxygen atoms in total. The van der Waals surface area contributed by atoms with Crippen molar-refractivity contribution in [1.29, 1.82) is 0 Å². The second-order valence-corrected chi connectivity index (χ2v) is 3.36. The normalized spacial score (nSPS) is 11.5. The molecule has 0 radical (unpaired) electrons. The molecule has 0 aliphatic rings. The maximum absolute atomic E-state index is 11.6. The quantitative estimate of drug-likeness (QED) is 0.582. The zero-order chi connectivity index (χ0) is 13.5. The molecule has 0 aliphatic heterocycles. The smallest absolute Gasteiger partial charge is 0.356 e. The van der Waals surface area contributed by atoms with E-state index in [4.69, 9.17) is 4.74 Å². The lowest BCUT2D eigenvalue weighted by Crippen LogP contribution is -2.41. The summed E-state index contributed by atoms with van der Waals surface area (Å²) in [5.41, 5.74) is 0.305. The van der Waals surface area contributed by atoms with E-state index in [1.54, 1.807) is 19.1 Å². The van der Waals surface area contributed by atoms with Crippen molar-refractivity contribution in [2.45, 2.75) is 13.2 Å². The van der Waals surface area contributed by atoms with Crippen LogP contribution in [0.2, 0.25) is 0 Å². The third kappa shape index (κ3) is 3.74. The number of aliphatic hydroxyl groups is 1. The highest BCUT2D eigenvalue weighted by Crippen LogP contribution is 2.11. The van der Waals surface area contributed by atoms with E-state index in [-0.39, 0.29) is 6.61 Å². The molecule has 0 aromatic heterocycles. The Morgan fingerprint density at radius 3 is 2.44 bits per heavy atom. The van der Waals surface area contributed by atoms with Gasteiger partial charge < -0.3 is 19.9 Å². The number of ether oxygens (including phenoxy) is 2. The summed E-state index contributed by atoms with van der Waals surface area (Å²) in [5.74, 6) is -0.852. The van der Waals surface area contributed by atoms with Crippen LogP contribution in [-0.4, -0.2) is 36.9 Å². The van der Waals surface area contributed by atoms with Crippen LogP contribution in [0.25, 0.3) is 0 Å². The fourth-order valence-corrected chi connectivity index (χ4v) is 1.23. The van der Waals surface area contributed by atoms with E-state index in [1.807, 2.05) is 0 Å². The monoisotopic (exact) mass is 253 g/mol. The molecule has 1 amide bonds. The highest BCUT2D eigenvalue weighted by Gasteiger charge is 2.19. The second kappa shape index (κ2) is 6.61. The van der Waals surface area contributed by atoms with Gasteiger partial charge in [-0.1, -0.05) is 0 Å². The molecule has 18 heavy (non-hydrogen) atoms. The van der Waals surface area contributed by atoms with Gasteiger partial charge in [0.2, 0.25) is 6.23 Å². The number of carbonyl (C=O) groups is 2. The van der Waals surface area contributed by atoms with E-state index in [0.29, 0.717) is 11.3 Å². The maximum atomic E-state index is 11.6. The highest BCUT2D eigenvalue weighted by molar-refractivity contribution is 5.96. The zero-order valence-electron chi connectivity index (χ0n) is 10.2. The molecule has 0 saturated heterocycles. The summed E-state index contributed by atoms with van der Waals surface area (Å²) < 4.78 is 9.50. The Hall–Kier alpha value is -2.08. The van der Waals surface area contributed by atoms with Gasteiger partial charge in [0.05, 0.1) is 13.7 Å².